The number of benzene rings is 1. The molecule has 3 aromatic rings. The summed E-state index contributed by atoms with van der Waals surface area (Å²) in [5, 5.41) is 2.87. The normalized spacial score (nSPS) is 10.4. The molecule has 2 aromatic heterocycles. The molecule has 0 saturated heterocycles. The SMILES string of the molecule is O=C(NCc1ccncc1)c1ccc(-c2ccc(F)cc2)s1. The molecule has 0 atom stereocenters. The molecule has 0 saturated carbocycles. The van der Waals surface area contributed by atoms with Crippen molar-refractivity contribution < 1.29 is 9.18 Å². The van der Waals surface area contributed by atoms with Gasteiger partial charge in [-0.05, 0) is 47.5 Å². The molecule has 0 aliphatic carbocycles. The lowest BCUT2D eigenvalue weighted by atomic mass is 10.2. The molecular formula is C17H13FN2OS. The smallest absolute Gasteiger partial charge is 0.261 e. The number of thiophene rings is 1. The fourth-order valence-corrected chi connectivity index (χ4v) is 2.93. The standard InChI is InChI=1S/C17H13FN2OS/c18-14-3-1-13(2-4-14)15-5-6-16(22-15)17(21)20-11-12-7-9-19-10-8-12/h1-10H,11H2,(H,20,21). The monoisotopic (exact) mass is 312 g/mol. The molecule has 0 radical (unpaired) electrons. The van der Waals surface area contributed by atoms with Crippen LogP contribution in [0.1, 0.15) is 15.2 Å². The second kappa shape index (κ2) is 6.49. The molecule has 2 heterocycles. The van der Waals surface area contributed by atoms with Crippen LogP contribution in [0.3, 0.4) is 0 Å². The minimum Gasteiger partial charge on any atom is -0.347 e. The number of carbonyl (C=O) groups is 1. The maximum Gasteiger partial charge on any atom is 0.261 e. The maximum atomic E-state index is 12.9. The lowest BCUT2D eigenvalue weighted by Gasteiger charge is -2.03. The molecule has 1 N–H and O–H groups in total. The highest BCUT2D eigenvalue weighted by atomic mass is 32.1. The molecule has 1 amide bonds. The van der Waals surface area contributed by atoms with Gasteiger partial charge in [-0.3, -0.25) is 9.78 Å². The van der Waals surface area contributed by atoms with E-state index in [2.05, 4.69) is 10.3 Å². The molecule has 0 fully saturated rings. The van der Waals surface area contributed by atoms with Crippen molar-refractivity contribution in [1.82, 2.24) is 10.3 Å². The largest absolute Gasteiger partial charge is 0.347 e. The van der Waals surface area contributed by atoms with Gasteiger partial charge in [0.15, 0.2) is 0 Å². The van der Waals surface area contributed by atoms with Crippen LogP contribution in [0.4, 0.5) is 4.39 Å². The number of nitrogens with one attached hydrogen (secondary N) is 1. The summed E-state index contributed by atoms with van der Waals surface area (Å²) in [6, 6.07) is 13.6. The number of nitrogens with zero attached hydrogens (tertiary/aromatic N) is 1. The third-order valence-electron chi connectivity index (χ3n) is 3.16. The van der Waals surface area contributed by atoms with Gasteiger partial charge in [0.05, 0.1) is 4.88 Å². The maximum absolute atomic E-state index is 12.9. The van der Waals surface area contributed by atoms with E-state index in [0.29, 0.717) is 11.4 Å². The molecule has 0 aliphatic heterocycles. The van der Waals surface area contributed by atoms with Gasteiger partial charge in [-0.1, -0.05) is 12.1 Å². The molecule has 1 aromatic carbocycles. The highest BCUT2D eigenvalue weighted by Gasteiger charge is 2.10. The molecule has 0 aliphatic rings. The number of aromatic nitrogens is 1. The van der Waals surface area contributed by atoms with Gasteiger partial charge in [-0.15, -0.1) is 11.3 Å². The van der Waals surface area contributed by atoms with E-state index in [4.69, 9.17) is 0 Å². The van der Waals surface area contributed by atoms with Crippen LogP contribution in [0.2, 0.25) is 0 Å². The molecule has 22 heavy (non-hydrogen) atoms. The van der Waals surface area contributed by atoms with E-state index < -0.39 is 0 Å². The predicted octanol–water partition coefficient (Wildman–Crippen LogP) is 3.88. The van der Waals surface area contributed by atoms with E-state index in [1.165, 1.54) is 23.5 Å². The topological polar surface area (TPSA) is 42.0 Å². The summed E-state index contributed by atoms with van der Waals surface area (Å²) in [6.07, 6.45) is 3.39. The Morgan fingerprint density at radius 2 is 1.77 bits per heavy atom. The summed E-state index contributed by atoms with van der Waals surface area (Å²) in [4.78, 5) is 17.6. The second-order valence-electron chi connectivity index (χ2n) is 4.71. The van der Waals surface area contributed by atoms with Crippen molar-refractivity contribution in [2.45, 2.75) is 6.54 Å². The van der Waals surface area contributed by atoms with Gasteiger partial charge in [-0.25, -0.2) is 4.39 Å². The number of hydrogen-bond acceptors (Lipinski definition) is 3. The van der Waals surface area contributed by atoms with Gasteiger partial charge in [0.1, 0.15) is 5.82 Å². The number of hydrogen-bond donors (Lipinski definition) is 1. The van der Waals surface area contributed by atoms with Crippen LogP contribution < -0.4 is 5.32 Å². The van der Waals surface area contributed by atoms with Crippen LogP contribution in [0.15, 0.2) is 60.9 Å². The third-order valence-corrected chi connectivity index (χ3v) is 4.29. The third kappa shape index (κ3) is 3.38. The van der Waals surface area contributed by atoms with Crippen molar-refractivity contribution in [3.8, 4) is 10.4 Å². The van der Waals surface area contributed by atoms with Crippen LogP contribution in [-0.2, 0) is 6.54 Å². The molecule has 5 heteroatoms. The van der Waals surface area contributed by atoms with E-state index in [0.717, 1.165) is 16.0 Å². The van der Waals surface area contributed by atoms with Gasteiger partial charge in [-0.2, -0.15) is 0 Å². The molecule has 0 bridgehead atoms. The summed E-state index contributed by atoms with van der Waals surface area (Å²) < 4.78 is 12.9. The number of amides is 1. The van der Waals surface area contributed by atoms with E-state index in [1.54, 1.807) is 30.6 Å². The van der Waals surface area contributed by atoms with Gasteiger partial charge in [0.2, 0.25) is 0 Å². The van der Waals surface area contributed by atoms with Crippen molar-refractivity contribution in [2.24, 2.45) is 0 Å². The summed E-state index contributed by atoms with van der Waals surface area (Å²) >= 11 is 1.39. The number of halogens is 1. The highest BCUT2D eigenvalue weighted by Crippen LogP contribution is 2.28. The van der Waals surface area contributed by atoms with E-state index in [9.17, 15) is 9.18 Å². The van der Waals surface area contributed by atoms with E-state index in [-0.39, 0.29) is 11.7 Å². The lowest BCUT2D eigenvalue weighted by molar-refractivity contribution is 0.0955. The summed E-state index contributed by atoms with van der Waals surface area (Å²) in [5.74, 6) is -0.384. The minimum absolute atomic E-state index is 0.116. The van der Waals surface area contributed by atoms with Crippen LogP contribution in [0.5, 0.6) is 0 Å². The highest BCUT2D eigenvalue weighted by molar-refractivity contribution is 7.17. The quantitative estimate of drug-likeness (QED) is 0.794. The van der Waals surface area contributed by atoms with Crippen LogP contribution in [-0.4, -0.2) is 10.9 Å². The Balaban J connectivity index is 1.68. The average Bonchev–Trinajstić information content (AvgIpc) is 3.04. The van der Waals surface area contributed by atoms with Crippen LogP contribution in [0, 0.1) is 5.82 Å². The average molecular weight is 312 g/mol. The number of carbonyl (C=O) groups excluding carboxylic acids is 1. The zero-order chi connectivity index (χ0) is 15.4. The fraction of sp³-hybridized carbons (Fsp3) is 0.0588. The van der Waals surface area contributed by atoms with E-state index >= 15 is 0 Å². The molecular weight excluding hydrogens is 299 g/mol. The first-order valence-corrected chi connectivity index (χ1v) is 7.57. The lowest BCUT2D eigenvalue weighted by Crippen LogP contribution is -2.21. The Labute approximate surface area is 131 Å². The molecule has 110 valence electrons. The van der Waals surface area contributed by atoms with Crippen molar-refractivity contribution in [3.05, 3.63) is 77.2 Å². The Morgan fingerprint density at radius 3 is 2.50 bits per heavy atom. The zero-order valence-electron chi connectivity index (χ0n) is 11.6. The first-order valence-electron chi connectivity index (χ1n) is 6.75. The predicted molar refractivity (Wildman–Crippen MR) is 85.1 cm³/mol. The minimum atomic E-state index is -0.268. The second-order valence-corrected chi connectivity index (χ2v) is 5.79. The van der Waals surface area contributed by atoms with Gasteiger partial charge < -0.3 is 5.32 Å². The fourth-order valence-electron chi connectivity index (χ4n) is 2.00. The van der Waals surface area contributed by atoms with Crippen molar-refractivity contribution >= 4 is 17.2 Å². The Morgan fingerprint density at radius 1 is 1.05 bits per heavy atom. The van der Waals surface area contributed by atoms with Crippen LogP contribution >= 0.6 is 11.3 Å². The Hall–Kier alpha value is -2.53. The summed E-state index contributed by atoms with van der Waals surface area (Å²) in [5.41, 5.74) is 1.90. The van der Waals surface area contributed by atoms with E-state index in [1.807, 2.05) is 18.2 Å². The number of rotatable bonds is 4. The van der Waals surface area contributed by atoms with Gasteiger partial charge in [0.25, 0.3) is 5.91 Å². The van der Waals surface area contributed by atoms with Crippen molar-refractivity contribution in [1.29, 1.82) is 0 Å². The Kier molecular flexibility index (Phi) is 4.25. The first-order chi connectivity index (χ1) is 10.7. The Bertz CT molecular complexity index is 769. The molecule has 3 nitrogen and oxygen atoms in total. The van der Waals surface area contributed by atoms with Crippen LogP contribution in [0.25, 0.3) is 10.4 Å². The van der Waals surface area contributed by atoms with Gasteiger partial charge >= 0.3 is 0 Å². The molecule has 0 spiro atoms. The van der Waals surface area contributed by atoms with Crippen molar-refractivity contribution in [3.63, 3.8) is 0 Å². The summed E-state index contributed by atoms with van der Waals surface area (Å²) in [6.45, 7) is 0.463. The number of pyridine rings is 1. The first kappa shape index (κ1) is 14.4. The molecule has 3 rings (SSSR count). The van der Waals surface area contributed by atoms with Gasteiger partial charge in [0, 0.05) is 23.8 Å². The van der Waals surface area contributed by atoms with Crippen molar-refractivity contribution in [2.75, 3.05) is 0 Å². The summed E-state index contributed by atoms with van der Waals surface area (Å²) in [7, 11) is 0. The zero-order valence-corrected chi connectivity index (χ0v) is 12.4. The molecule has 0 unspecified atom stereocenters.